The van der Waals surface area contributed by atoms with Gasteiger partial charge in [0.05, 0.1) is 11.4 Å². The third-order valence-corrected chi connectivity index (χ3v) is 8.36. The lowest BCUT2D eigenvalue weighted by Gasteiger charge is -2.32. The van der Waals surface area contributed by atoms with Gasteiger partial charge in [0.25, 0.3) is 0 Å². The van der Waals surface area contributed by atoms with Crippen LogP contribution in [0, 0.1) is 17.0 Å². The van der Waals surface area contributed by atoms with Crippen molar-refractivity contribution in [3.8, 4) is 0 Å². The first-order valence-corrected chi connectivity index (χ1v) is 13.3. The number of halogens is 2. The van der Waals surface area contributed by atoms with Crippen molar-refractivity contribution in [3.63, 3.8) is 0 Å². The van der Waals surface area contributed by atoms with Gasteiger partial charge in [0.15, 0.2) is 11.6 Å². The molecule has 5 rings (SSSR count). The van der Waals surface area contributed by atoms with Gasteiger partial charge in [-0.05, 0) is 56.1 Å². The Morgan fingerprint density at radius 1 is 1.27 bits per heavy atom. The van der Waals surface area contributed by atoms with E-state index in [1.54, 1.807) is 7.05 Å². The lowest BCUT2D eigenvalue weighted by atomic mass is 9.85. The van der Waals surface area contributed by atoms with Gasteiger partial charge < -0.3 is 20.6 Å². The van der Waals surface area contributed by atoms with Crippen LogP contribution in [0.15, 0.2) is 77.1 Å². The molecule has 0 bridgehead atoms. The number of hydrogen-bond donors (Lipinski definition) is 3. The van der Waals surface area contributed by atoms with E-state index >= 15 is 4.39 Å². The summed E-state index contributed by atoms with van der Waals surface area (Å²) in [6.45, 7) is 10.1. The van der Waals surface area contributed by atoms with Crippen LogP contribution in [0.25, 0.3) is 0 Å². The molecule has 3 N–H and O–H groups in total. The van der Waals surface area contributed by atoms with Crippen LogP contribution in [0.2, 0.25) is 0 Å². The number of allylic oxidation sites excluding steroid dienone is 9. The molecule has 1 spiro atoms. The van der Waals surface area contributed by atoms with Crippen LogP contribution in [0.1, 0.15) is 51.0 Å². The number of nitrogens with zero attached hydrogens (tertiary/aromatic N) is 1. The molecule has 2 unspecified atom stereocenters. The van der Waals surface area contributed by atoms with E-state index in [1.807, 2.05) is 32.1 Å². The first kappa shape index (κ1) is 25.5. The number of aliphatic hydroxyl groups is 1. The lowest BCUT2D eigenvalue weighted by molar-refractivity contribution is 0.300. The molecule has 4 aliphatic rings. The molecule has 1 aromatic carbocycles. The van der Waals surface area contributed by atoms with Crippen molar-refractivity contribution >= 4 is 11.4 Å². The third-order valence-electron chi connectivity index (χ3n) is 8.36. The molecule has 2 aliphatic carbocycles. The van der Waals surface area contributed by atoms with E-state index in [0.29, 0.717) is 28.8 Å². The highest BCUT2D eigenvalue weighted by Crippen LogP contribution is 2.56. The molecular formula is C31H37F2N3O. The van der Waals surface area contributed by atoms with E-state index in [0.717, 1.165) is 47.5 Å². The Morgan fingerprint density at radius 3 is 2.70 bits per heavy atom. The van der Waals surface area contributed by atoms with Crippen LogP contribution in [0.3, 0.4) is 0 Å². The van der Waals surface area contributed by atoms with Gasteiger partial charge in [0.1, 0.15) is 0 Å². The fraction of sp³-hybridized carbons (Fsp3) is 0.419. The normalized spacial score (nSPS) is 29.5. The molecule has 4 nitrogen and oxygen atoms in total. The maximum absolute atomic E-state index is 15.6. The van der Waals surface area contributed by atoms with E-state index < -0.39 is 11.6 Å². The molecule has 2 fully saturated rings. The molecule has 2 aliphatic heterocycles. The number of nitrogens with one attached hydrogen (secondary N) is 2. The van der Waals surface area contributed by atoms with Gasteiger partial charge in [-0.3, -0.25) is 0 Å². The van der Waals surface area contributed by atoms with E-state index in [-0.39, 0.29) is 18.6 Å². The summed E-state index contributed by atoms with van der Waals surface area (Å²) in [5.74, 6) is -2.03. The third kappa shape index (κ3) is 4.68. The SMILES string of the molecule is C=CC(=C(\C1c2c(F)c(F)cc(NC)c2NC1C)N1CCC2(CC2)C1)/C1=C/C(CCO)=C\C=C(C)\C=C\1. The van der Waals surface area contributed by atoms with Crippen molar-refractivity contribution in [2.45, 2.75) is 51.5 Å². The number of hydrogen-bond acceptors (Lipinski definition) is 4. The second kappa shape index (κ2) is 9.97. The fourth-order valence-corrected chi connectivity index (χ4v) is 6.12. The zero-order valence-corrected chi connectivity index (χ0v) is 22.0. The van der Waals surface area contributed by atoms with E-state index in [4.69, 9.17) is 0 Å². The van der Waals surface area contributed by atoms with Crippen molar-refractivity contribution < 1.29 is 13.9 Å². The minimum absolute atomic E-state index is 0.0507. The Balaban J connectivity index is 1.73. The minimum atomic E-state index is -0.845. The van der Waals surface area contributed by atoms with Crippen LogP contribution >= 0.6 is 0 Å². The molecule has 1 saturated carbocycles. The maximum Gasteiger partial charge on any atom is 0.164 e. The summed E-state index contributed by atoms with van der Waals surface area (Å²) in [7, 11) is 1.73. The number of fused-ring (bicyclic) bond motifs is 1. The van der Waals surface area contributed by atoms with Crippen molar-refractivity contribution in [3.05, 3.63) is 94.3 Å². The van der Waals surface area contributed by atoms with Gasteiger partial charge in [-0.2, -0.15) is 0 Å². The molecule has 0 amide bonds. The number of rotatable bonds is 7. The number of anilines is 2. The summed E-state index contributed by atoms with van der Waals surface area (Å²) < 4.78 is 30.5. The summed E-state index contributed by atoms with van der Waals surface area (Å²) in [4.78, 5) is 2.40. The van der Waals surface area contributed by atoms with Crippen molar-refractivity contribution in [2.24, 2.45) is 5.41 Å². The molecule has 1 aromatic rings. The van der Waals surface area contributed by atoms with Crippen LogP contribution in [0.5, 0.6) is 0 Å². The monoisotopic (exact) mass is 505 g/mol. The smallest absolute Gasteiger partial charge is 0.164 e. The molecule has 2 heterocycles. The standard InChI is InChI=1S/C31H37F2N3O/c1-5-23(22-9-7-19(2)6-8-21(16-22)10-15-37)30(36-14-13-31(18-36)11-12-31)26-20(3)35-29-25(34-4)17-24(32)28(33)27(26)29/h5-9,16-17,20,26,34-35,37H,1,10-15,18H2,2-4H3/b8-6?,9-7+,19-6+,19-7?,21-8-,21-16?,22-9?,22-16+,30-23-. The molecule has 0 aromatic heterocycles. The molecular weight excluding hydrogens is 468 g/mol. The van der Waals surface area contributed by atoms with Gasteiger partial charge in [-0.25, -0.2) is 8.78 Å². The van der Waals surface area contributed by atoms with Crippen LogP contribution < -0.4 is 10.6 Å². The Kier molecular flexibility index (Phi) is 6.88. The van der Waals surface area contributed by atoms with Gasteiger partial charge in [0.2, 0.25) is 0 Å². The fourth-order valence-electron chi connectivity index (χ4n) is 6.12. The van der Waals surface area contributed by atoms with E-state index in [9.17, 15) is 9.50 Å². The Hall–Kier alpha value is -3.12. The summed E-state index contributed by atoms with van der Waals surface area (Å²) in [5.41, 5.74) is 6.88. The minimum Gasteiger partial charge on any atom is -0.396 e. The number of likely N-dealkylation sites (tertiary alicyclic amines) is 1. The number of benzene rings is 1. The van der Waals surface area contributed by atoms with Gasteiger partial charge in [-0.1, -0.05) is 48.6 Å². The zero-order chi connectivity index (χ0) is 26.3. The first-order chi connectivity index (χ1) is 17.8. The molecule has 37 heavy (non-hydrogen) atoms. The van der Waals surface area contributed by atoms with Gasteiger partial charge in [0, 0.05) is 61.6 Å². The molecule has 1 saturated heterocycles. The van der Waals surface area contributed by atoms with Crippen LogP contribution in [-0.4, -0.2) is 42.8 Å². The van der Waals surface area contributed by atoms with E-state index in [1.165, 1.54) is 18.9 Å². The summed E-state index contributed by atoms with van der Waals surface area (Å²) in [6.07, 6.45) is 16.3. The maximum atomic E-state index is 15.6. The van der Waals surface area contributed by atoms with Crippen LogP contribution in [-0.2, 0) is 0 Å². The Bertz CT molecular complexity index is 1270. The highest BCUT2D eigenvalue weighted by molar-refractivity contribution is 5.78. The molecule has 0 radical (unpaired) electrons. The zero-order valence-electron chi connectivity index (χ0n) is 22.0. The van der Waals surface area contributed by atoms with Crippen LogP contribution in [0.4, 0.5) is 20.2 Å². The van der Waals surface area contributed by atoms with Gasteiger partial charge >= 0.3 is 0 Å². The largest absolute Gasteiger partial charge is 0.396 e. The highest BCUT2D eigenvalue weighted by atomic mass is 19.2. The first-order valence-electron chi connectivity index (χ1n) is 13.3. The second-order valence-electron chi connectivity index (χ2n) is 10.9. The summed E-state index contributed by atoms with van der Waals surface area (Å²) in [5, 5.41) is 16.2. The average molecular weight is 506 g/mol. The highest BCUT2D eigenvalue weighted by Gasteiger charge is 2.50. The molecule has 2 atom stereocenters. The van der Waals surface area contributed by atoms with Crippen molar-refractivity contribution in [1.82, 2.24) is 4.90 Å². The van der Waals surface area contributed by atoms with Gasteiger partial charge in [-0.15, -0.1) is 0 Å². The quantitative estimate of drug-likeness (QED) is 0.366. The van der Waals surface area contributed by atoms with E-state index in [2.05, 4.69) is 40.3 Å². The second-order valence-corrected chi connectivity index (χ2v) is 10.9. The summed E-state index contributed by atoms with van der Waals surface area (Å²) >= 11 is 0. The predicted molar refractivity (Wildman–Crippen MR) is 148 cm³/mol. The lowest BCUT2D eigenvalue weighted by Crippen LogP contribution is -2.31. The summed E-state index contributed by atoms with van der Waals surface area (Å²) in [6, 6.07) is 1.08. The Morgan fingerprint density at radius 2 is 2.05 bits per heavy atom. The predicted octanol–water partition coefficient (Wildman–Crippen LogP) is 6.58. The average Bonchev–Trinajstić information content (AvgIpc) is 3.37. The van der Waals surface area contributed by atoms with Crippen molar-refractivity contribution in [2.75, 3.05) is 37.4 Å². The molecule has 196 valence electrons. The number of aliphatic hydroxyl groups excluding tert-OH is 1. The molecule has 6 heteroatoms. The topological polar surface area (TPSA) is 47.5 Å². The van der Waals surface area contributed by atoms with Crippen molar-refractivity contribution in [1.29, 1.82) is 0 Å². The Labute approximate surface area is 218 Å².